The lowest BCUT2D eigenvalue weighted by Crippen LogP contribution is -2.47. The van der Waals surface area contributed by atoms with E-state index in [0.29, 0.717) is 30.1 Å². The average molecular weight is 481 g/mol. The predicted molar refractivity (Wildman–Crippen MR) is 132 cm³/mol. The summed E-state index contributed by atoms with van der Waals surface area (Å²) in [7, 11) is 0. The summed E-state index contributed by atoms with van der Waals surface area (Å²) in [5.74, 6) is -1.18. The first-order valence-electron chi connectivity index (χ1n) is 12.0. The first-order chi connectivity index (χ1) is 16.9. The fourth-order valence-corrected chi connectivity index (χ4v) is 5.10. The molecule has 1 aromatic carbocycles. The van der Waals surface area contributed by atoms with Crippen LogP contribution in [0.2, 0.25) is 0 Å². The lowest BCUT2D eigenvalue weighted by molar-refractivity contribution is -0.138. The van der Waals surface area contributed by atoms with Gasteiger partial charge in [0, 0.05) is 60.7 Å². The van der Waals surface area contributed by atoms with Gasteiger partial charge in [-0.2, -0.15) is 4.98 Å². The molecule has 1 aliphatic carbocycles. The van der Waals surface area contributed by atoms with Crippen LogP contribution in [0, 0.1) is 12.7 Å². The van der Waals surface area contributed by atoms with Crippen LogP contribution in [-0.4, -0.2) is 63.2 Å². The maximum Gasteiger partial charge on any atom is 0.317 e. The number of carboxylic acid groups (broad SMARTS) is 1. The Bertz CT molecular complexity index is 1300. The molecule has 3 aromatic rings. The molecule has 2 fully saturated rings. The highest BCUT2D eigenvalue weighted by molar-refractivity contribution is 5.80. The van der Waals surface area contributed by atoms with Gasteiger partial charge in [0.25, 0.3) is 5.56 Å². The van der Waals surface area contributed by atoms with Crippen LogP contribution in [0.25, 0.3) is 11.0 Å². The van der Waals surface area contributed by atoms with Gasteiger partial charge in [-0.3, -0.25) is 19.1 Å². The van der Waals surface area contributed by atoms with Gasteiger partial charge in [0.15, 0.2) is 5.82 Å². The van der Waals surface area contributed by atoms with Gasteiger partial charge in [0.2, 0.25) is 5.95 Å². The number of anilines is 3. The van der Waals surface area contributed by atoms with E-state index in [1.165, 1.54) is 4.57 Å². The predicted octanol–water partition coefficient (Wildman–Crippen LogP) is 3.30. The van der Waals surface area contributed by atoms with Gasteiger partial charge in [-0.15, -0.1) is 0 Å². The van der Waals surface area contributed by atoms with Gasteiger partial charge in [0.05, 0.1) is 6.54 Å². The van der Waals surface area contributed by atoms with Crippen molar-refractivity contribution in [1.82, 2.24) is 19.4 Å². The quantitative estimate of drug-likeness (QED) is 0.554. The van der Waals surface area contributed by atoms with Crippen molar-refractivity contribution < 1.29 is 14.3 Å². The monoisotopic (exact) mass is 480 g/mol. The molecule has 1 aliphatic heterocycles. The molecule has 2 N–H and O–H groups in total. The zero-order valence-electron chi connectivity index (χ0n) is 19.7. The average Bonchev–Trinajstić information content (AvgIpc) is 3.38. The topological polar surface area (TPSA) is 104 Å². The summed E-state index contributed by atoms with van der Waals surface area (Å²) in [5.41, 5.74) is 1.99. The number of halogens is 1. The number of carbonyl (C=O) groups is 1. The number of fused-ring (bicyclic) bond motifs is 1. The minimum absolute atomic E-state index is 0.0434. The number of carboxylic acids is 1. The number of rotatable bonds is 6. The number of aryl methyl sites for hydroxylation is 1. The minimum atomic E-state index is -0.801. The standard InChI is InChI=1S/C25H29FN6O3/c1-16-20-14-27-25(29-23(20)32(24(35)22(16)26)19-4-2-3-5-19)28-17-6-8-18(9-7-17)31-12-10-30(11-13-31)15-21(33)34/h6-9,14,19H,2-5,10-13,15H2,1H3,(H,33,34)(H,27,28,29). The smallest absolute Gasteiger partial charge is 0.317 e. The molecule has 0 radical (unpaired) electrons. The van der Waals surface area contributed by atoms with Gasteiger partial charge in [0.1, 0.15) is 5.65 Å². The molecule has 10 heteroatoms. The van der Waals surface area contributed by atoms with E-state index in [1.807, 2.05) is 29.2 Å². The van der Waals surface area contributed by atoms with Crippen LogP contribution in [0.5, 0.6) is 0 Å². The molecule has 0 bridgehead atoms. The van der Waals surface area contributed by atoms with Crippen LogP contribution < -0.4 is 15.8 Å². The van der Waals surface area contributed by atoms with Gasteiger partial charge < -0.3 is 15.3 Å². The minimum Gasteiger partial charge on any atom is -0.480 e. The summed E-state index contributed by atoms with van der Waals surface area (Å²) in [5, 5.41) is 12.7. The third-order valence-electron chi connectivity index (χ3n) is 7.05. The van der Waals surface area contributed by atoms with E-state index in [1.54, 1.807) is 13.1 Å². The van der Waals surface area contributed by atoms with E-state index in [-0.39, 0.29) is 18.2 Å². The Hall–Kier alpha value is -3.53. The van der Waals surface area contributed by atoms with E-state index >= 15 is 0 Å². The number of piperazine rings is 1. The van der Waals surface area contributed by atoms with Crippen molar-refractivity contribution in [2.75, 3.05) is 42.9 Å². The number of aliphatic carboxylic acids is 1. The van der Waals surface area contributed by atoms with Crippen LogP contribution in [0.4, 0.5) is 21.7 Å². The van der Waals surface area contributed by atoms with Crippen LogP contribution in [0.15, 0.2) is 35.3 Å². The molecule has 5 rings (SSSR count). The Labute approximate surface area is 202 Å². The number of hydrogen-bond donors (Lipinski definition) is 2. The Balaban J connectivity index is 1.35. The summed E-state index contributed by atoms with van der Waals surface area (Å²) in [6.45, 7) is 4.61. The van der Waals surface area contributed by atoms with Crippen LogP contribution in [0.1, 0.15) is 37.3 Å². The van der Waals surface area contributed by atoms with E-state index in [9.17, 15) is 14.0 Å². The molecule has 2 aliphatic rings. The summed E-state index contributed by atoms with van der Waals surface area (Å²) in [4.78, 5) is 36.9. The first-order valence-corrected chi connectivity index (χ1v) is 12.0. The Morgan fingerprint density at radius 2 is 1.83 bits per heavy atom. The molecule has 0 amide bonds. The second-order valence-corrected chi connectivity index (χ2v) is 9.31. The molecule has 3 heterocycles. The third-order valence-corrected chi connectivity index (χ3v) is 7.05. The van der Waals surface area contributed by atoms with Crippen molar-refractivity contribution in [1.29, 1.82) is 0 Å². The van der Waals surface area contributed by atoms with E-state index in [0.717, 1.165) is 50.1 Å². The number of pyridine rings is 1. The van der Waals surface area contributed by atoms with E-state index in [2.05, 4.69) is 20.2 Å². The summed E-state index contributed by atoms with van der Waals surface area (Å²) in [6.07, 6.45) is 5.31. The fourth-order valence-electron chi connectivity index (χ4n) is 5.10. The van der Waals surface area contributed by atoms with Crippen molar-refractivity contribution >= 4 is 34.3 Å². The van der Waals surface area contributed by atoms with Crippen molar-refractivity contribution in [2.45, 2.75) is 38.6 Å². The Kier molecular flexibility index (Phi) is 6.38. The SMILES string of the molecule is Cc1c(F)c(=O)n(C2CCCC2)c2nc(Nc3ccc(N4CCN(CC(=O)O)CC4)cc3)ncc12. The molecule has 0 unspecified atom stereocenters. The van der Waals surface area contributed by atoms with Crippen molar-refractivity contribution in [3.8, 4) is 0 Å². The highest BCUT2D eigenvalue weighted by Crippen LogP contribution is 2.31. The van der Waals surface area contributed by atoms with Crippen molar-refractivity contribution in [3.05, 3.63) is 52.2 Å². The second kappa shape index (κ2) is 9.61. The highest BCUT2D eigenvalue weighted by atomic mass is 19.1. The van der Waals surface area contributed by atoms with Gasteiger partial charge in [-0.1, -0.05) is 12.8 Å². The Morgan fingerprint density at radius 3 is 2.49 bits per heavy atom. The van der Waals surface area contributed by atoms with Gasteiger partial charge in [-0.25, -0.2) is 9.37 Å². The van der Waals surface area contributed by atoms with E-state index < -0.39 is 17.3 Å². The van der Waals surface area contributed by atoms with Crippen LogP contribution in [0.3, 0.4) is 0 Å². The molecule has 1 saturated carbocycles. The second-order valence-electron chi connectivity index (χ2n) is 9.31. The first kappa shape index (κ1) is 23.2. The normalized spacial score (nSPS) is 17.3. The number of benzene rings is 1. The van der Waals surface area contributed by atoms with Gasteiger partial charge >= 0.3 is 5.97 Å². The maximum absolute atomic E-state index is 14.7. The van der Waals surface area contributed by atoms with Crippen LogP contribution >= 0.6 is 0 Å². The maximum atomic E-state index is 14.7. The summed E-state index contributed by atoms with van der Waals surface area (Å²) >= 11 is 0. The number of hydrogen-bond acceptors (Lipinski definition) is 7. The molecule has 35 heavy (non-hydrogen) atoms. The molecule has 184 valence electrons. The summed E-state index contributed by atoms with van der Waals surface area (Å²) < 4.78 is 16.2. The zero-order valence-corrected chi connectivity index (χ0v) is 19.7. The molecule has 0 spiro atoms. The van der Waals surface area contributed by atoms with Crippen LogP contribution in [-0.2, 0) is 4.79 Å². The lowest BCUT2D eigenvalue weighted by atomic mass is 10.1. The number of nitrogens with zero attached hydrogens (tertiary/aromatic N) is 5. The highest BCUT2D eigenvalue weighted by Gasteiger charge is 2.25. The van der Waals surface area contributed by atoms with Crippen molar-refractivity contribution in [2.24, 2.45) is 0 Å². The van der Waals surface area contributed by atoms with Crippen molar-refractivity contribution in [3.63, 3.8) is 0 Å². The number of nitrogens with one attached hydrogen (secondary N) is 1. The molecule has 0 atom stereocenters. The molecule has 9 nitrogen and oxygen atoms in total. The van der Waals surface area contributed by atoms with E-state index in [4.69, 9.17) is 5.11 Å². The Morgan fingerprint density at radius 1 is 1.14 bits per heavy atom. The molecular formula is C25H29FN6O3. The molecule has 1 saturated heterocycles. The number of aromatic nitrogens is 3. The third kappa shape index (κ3) is 4.70. The summed E-state index contributed by atoms with van der Waals surface area (Å²) in [6, 6.07) is 7.84. The fraction of sp³-hybridized carbons (Fsp3) is 0.440. The van der Waals surface area contributed by atoms with Gasteiger partial charge in [-0.05, 0) is 44.0 Å². The molecule has 2 aromatic heterocycles. The lowest BCUT2D eigenvalue weighted by Gasteiger charge is -2.35. The molecular weight excluding hydrogens is 451 g/mol. The largest absolute Gasteiger partial charge is 0.480 e. The zero-order chi connectivity index (χ0) is 24.5.